The molecule has 0 aliphatic carbocycles. The summed E-state index contributed by atoms with van der Waals surface area (Å²) in [5.74, 6) is 0. The van der Waals surface area contributed by atoms with Gasteiger partial charge in [-0.05, 0) is 23.8 Å². The predicted octanol–water partition coefficient (Wildman–Crippen LogP) is 4.04. The maximum Gasteiger partial charge on any atom is 0.315 e. The molecule has 6 heteroatoms. The lowest BCUT2D eigenvalue weighted by Crippen LogP contribution is -2.18. The van der Waals surface area contributed by atoms with Gasteiger partial charge < -0.3 is 10.2 Å². The summed E-state index contributed by atoms with van der Waals surface area (Å²) in [5.41, 5.74) is 2.26. The third kappa shape index (κ3) is 3.33. The molecule has 0 aromatic heterocycles. The summed E-state index contributed by atoms with van der Waals surface area (Å²) in [4.78, 5) is 12.9. The van der Waals surface area contributed by atoms with E-state index in [1.54, 1.807) is 19.2 Å². The SMILES string of the molecule is CNc1cccc(N(C)Cc2ccccc2Br)c1[N+](=O)[O-]. The lowest BCUT2D eigenvalue weighted by molar-refractivity contribution is -0.383. The van der Waals surface area contributed by atoms with Crippen LogP contribution in [0.4, 0.5) is 17.1 Å². The summed E-state index contributed by atoms with van der Waals surface area (Å²) in [5, 5.41) is 14.2. The second kappa shape index (κ2) is 6.58. The molecule has 0 heterocycles. The maximum atomic E-state index is 11.4. The lowest BCUT2D eigenvalue weighted by Gasteiger charge is -2.21. The number of nitrogens with zero attached hydrogens (tertiary/aromatic N) is 2. The van der Waals surface area contributed by atoms with Crippen molar-refractivity contribution in [3.05, 3.63) is 62.6 Å². The zero-order chi connectivity index (χ0) is 15.4. The Morgan fingerprint density at radius 2 is 1.95 bits per heavy atom. The summed E-state index contributed by atoms with van der Waals surface area (Å²) in [6, 6.07) is 13.1. The van der Waals surface area contributed by atoms with Gasteiger partial charge in [0.25, 0.3) is 0 Å². The molecular weight excluding hydrogens is 334 g/mol. The predicted molar refractivity (Wildman–Crippen MR) is 88.9 cm³/mol. The van der Waals surface area contributed by atoms with E-state index in [1.807, 2.05) is 42.3 Å². The quantitative estimate of drug-likeness (QED) is 0.653. The minimum Gasteiger partial charge on any atom is -0.382 e. The van der Waals surface area contributed by atoms with Crippen molar-refractivity contribution in [1.29, 1.82) is 0 Å². The number of para-hydroxylation sites is 1. The largest absolute Gasteiger partial charge is 0.382 e. The van der Waals surface area contributed by atoms with E-state index in [0.29, 0.717) is 17.9 Å². The number of benzene rings is 2. The van der Waals surface area contributed by atoms with E-state index < -0.39 is 0 Å². The van der Waals surface area contributed by atoms with Gasteiger partial charge in [-0.3, -0.25) is 10.1 Å². The van der Waals surface area contributed by atoms with Gasteiger partial charge in [-0.1, -0.05) is 40.2 Å². The fourth-order valence-electron chi connectivity index (χ4n) is 2.20. The van der Waals surface area contributed by atoms with Crippen LogP contribution in [0, 0.1) is 10.1 Å². The van der Waals surface area contributed by atoms with E-state index >= 15 is 0 Å². The van der Waals surface area contributed by atoms with Crippen molar-refractivity contribution in [3.8, 4) is 0 Å². The van der Waals surface area contributed by atoms with Crippen LogP contribution in [0.2, 0.25) is 0 Å². The third-order valence-corrected chi connectivity index (χ3v) is 4.02. The zero-order valence-corrected chi connectivity index (χ0v) is 13.4. The molecule has 0 saturated heterocycles. The summed E-state index contributed by atoms with van der Waals surface area (Å²) in [7, 11) is 3.53. The van der Waals surface area contributed by atoms with Crippen LogP contribution in [-0.4, -0.2) is 19.0 Å². The molecule has 0 fully saturated rings. The zero-order valence-electron chi connectivity index (χ0n) is 11.8. The van der Waals surface area contributed by atoms with Gasteiger partial charge in [0, 0.05) is 25.1 Å². The molecule has 21 heavy (non-hydrogen) atoms. The van der Waals surface area contributed by atoms with E-state index in [4.69, 9.17) is 0 Å². The molecule has 0 aliphatic rings. The molecule has 5 nitrogen and oxygen atoms in total. The van der Waals surface area contributed by atoms with Crippen LogP contribution in [0.25, 0.3) is 0 Å². The highest BCUT2D eigenvalue weighted by atomic mass is 79.9. The van der Waals surface area contributed by atoms with E-state index in [2.05, 4.69) is 21.2 Å². The second-order valence-electron chi connectivity index (χ2n) is 4.63. The van der Waals surface area contributed by atoms with Crippen LogP contribution in [0.5, 0.6) is 0 Å². The number of nitrogens with one attached hydrogen (secondary N) is 1. The first kappa shape index (κ1) is 15.3. The van der Waals surface area contributed by atoms with Gasteiger partial charge in [-0.25, -0.2) is 0 Å². The Kier molecular flexibility index (Phi) is 4.80. The Hall–Kier alpha value is -2.08. The van der Waals surface area contributed by atoms with Crippen molar-refractivity contribution in [2.24, 2.45) is 0 Å². The van der Waals surface area contributed by atoms with Crippen molar-refractivity contribution >= 4 is 33.0 Å². The first-order chi connectivity index (χ1) is 10.0. The minimum atomic E-state index is -0.349. The van der Waals surface area contributed by atoms with Crippen molar-refractivity contribution in [2.75, 3.05) is 24.3 Å². The number of nitro benzene ring substituents is 1. The molecule has 0 atom stereocenters. The number of anilines is 2. The number of halogens is 1. The highest BCUT2D eigenvalue weighted by molar-refractivity contribution is 9.10. The molecule has 0 aliphatic heterocycles. The second-order valence-corrected chi connectivity index (χ2v) is 5.48. The standard InChI is InChI=1S/C15H16BrN3O2/c1-17-13-8-5-9-14(15(13)19(20)21)18(2)10-11-6-3-4-7-12(11)16/h3-9,17H,10H2,1-2H3. The molecule has 0 radical (unpaired) electrons. The molecule has 2 rings (SSSR count). The average Bonchev–Trinajstić information content (AvgIpc) is 2.48. The van der Waals surface area contributed by atoms with E-state index in [1.165, 1.54) is 0 Å². The third-order valence-electron chi connectivity index (χ3n) is 3.24. The van der Waals surface area contributed by atoms with Gasteiger partial charge in [-0.2, -0.15) is 0 Å². The monoisotopic (exact) mass is 349 g/mol. The molecule has 0 spiro atoms. The minimum absolute atomic E-state index is 0.0922. The van der Waals surface area contributed by atoms with Gasteiger partial charge >= 0.3 is 5.69 Å². The fraction of sp³-hybridized carbons (Fsp3) is 0.200. The van der Waals surface area contributed by atoms with Crippen LogP contribution >= 0.6 is 15.9 Å². The van der Waals surface area contributed by atoms with Gasteiger partial charge in [0.15, 0.2) is 0 Å². The highest BCUT2D eigenvalue weighted by Crippen LogP contribution is 2.35. The van der Waals surface area contributed by atoms with Crippen LogP contribution in [0.1, 0.15) is 5.56 Å². The molecule has 2 aromatic carbocycles. The molecular formula is C15H16BrN3O2. The number of hydrogen-bond acceptors (Lipinski definition) is 4. The van der Waals surface area contributed by atoms with Gasteiger partial charge in [0.2, 0.25) is 0 Å². The molecule has 1 N–H and O–H groups in total. The van der Waals surface area contributed by atoms with Crippen molar-refractivity contribution in [1.82, 2.24) is 0 Å². The first-order valence-electron chi connectivity index (χ1n) is 6.44. The van der Waals surface area contributed by atoms with Crippen LogP contribution < -0.4 is 10.2 Å². The van der Waals surface area contributed by atoms with Crippen molar-refractivity contribution < 1.29 is 4.92 Å². The molecule has 0 amide bonds. The lowest BCUT2D eigenvalue weighted by atomic mass is 10.1. The Morgan fingerprint density at radius 1 is 1.24 bits per heavy atom. The summed E-state index contributed by atoms with van der Waals surface area (Å²) < 4.78 is 0.990. The Balaban J connectivity index is 2.37. The molecule has 0 saturated carbocycles. The average molecular weight is 350 g/mol. The Bertz CT molecular complexity index is 661. The summed E-state index contributed by atoms with van der Waals surface area (Å²) >= 11 is 3.50. The van der Waals surface area contributed by atoms with Gasteiger partial charge in [-0.15, -0.1) is 0 Å². The normalized spacial score (nSPS) is 10.2. The van der Waals surface area contributed by atoms with Crippen molar-refractivity contribution in [2.45, 2.75) is 6.54 Å². The number of nitro groups is 1. The topological polar surface area (TPSA) is 58.4 Å². The highest BCUT2D eigenvalue weighted by Gasteiger charge is 2.21. The number of hydrogen-bond donors (Lipinski definition) is 1. The number of rotatable bonds is 5. The molecule has 0 unspecified atom stereocenters. The van der Waals surface area contributed by atoms with Crippen LogP contribution in [0.3, 0.4) is 0 Å². The smallest absolute Gasteiger partial charge is 0.315 e. The summed E-state index contributed by atoms with van der Waals surface area (Å²) in [6.07, 6.45) is 0. The van der Waals surface area contributed by atoms with Gasteiger partial charge in [0.05, 0.1) is 4.92 Å². The molecule has 110 valence electrons. The molecule has 2 aromatic rings. The van der Waals surface area contributed by atoms with E-state index in [-0.39, 0.29) is 10.6 Å². The Morgan fingerprint density at radius 3 is 2.57 bits per heavy atom. The Labute approximate surface area is 131 Å². The van der Waals surface area contributed by atoms with Crippen LogP contribution in [0.15, 0.2) is 46.9 Å². The van der Waals surface area contributed by atoms with E-state index in [0.717, 1.165) is 10.0 Å². The maximum absolute atomic E-state index is 11.4. The van der Waals surface area contributed by atoms with E-state index in [9.17, 15) is 10.1 Å². The first-order valence-corrected chi connectivity index (χ1v) is 7.23. The van der Waals surface area contributed by atoms with Crippen LogP contribution in [-0.2, 0) is 6.54 Å². The molecule has 0 bridgehead atoms. The van der Waals surface area contributed by atoms with Gasteiger partial charge in [0.1, 0.15) is 11.4 Å². The summed E-state index contributed by atoms with van der Waals surface area (Å²) in [6.45, 7) is 0.579. The fourth-order valence-corrected chi connectivity index (χ4v) is 2.61. The van der Waals surface area contributed by atoms with Crippen molar-refractivity contribution in [3.63, 3.8) is 0 Å².